The van der Waals surface area contributed by atoms with Crippen LogP contribution in [0.15, 0.2) is 21.7 Å². The zero-order valence-electron chi connectivity index (χ0n) is 10.7. The smallest absolute Gasteiger partial charge is 0.276 e. The van der Waals surface area contributed by atoms with Crippen LogP contribution in [0.5, 0.6) is 11.5 Å². The van der Waals surface area contributed by atoms with Gasteiger partial charge in [0.2, 0.25) is 0 Å². The molecule has 0 aliphatic rings. The number of hydrogen-bond donors (Lipinski definition) is 0. The van der Waals surface area contributed by atoms with E-state index in [1.165, 1.54) is 37.7 Å². The monoisotopic (exact) mass is 250 g/mol. The molecule has 0 saturated carbocycles. The predicted molar refractivity (Wildman–Crippen MR) is 67.5 cm³/mol. The normalized spacial score (nSPS) is 10.7. The fourth-order valence-corrected chi connectivity index (χ4v) is 1.93. The molecule has 96 valence electrons. The van der Waals surface area contributed by atoms with E-state index in [4.69, 9.17) is 9.47 Å². The molecule has 1 heterocycles. The van der Waals surface area contributed by atoms with E-state index < -0.39 is 0 Å². The molecule has 6 heteroatoms. The summed E-state index contributed by atoms with van der Waals surface area (Å²) in [7, 11) is 5.97. The quantitative estimate of drug-likeness (QED) is 0.766. The first kappa shape index (κ1) is 12.2. The van der Waals surface area contributed by atoms with Gasteiger partial charge in [-0.05, 0) is 12.1 Å². The molecule has 0 atom stereocenters. The van der Waals surface area contributed by atoms with Crippen molar-refractivity contribution in [1.29, 1.82) is 0 Å². The summed E-state index contributed by atoms with van der Waals surface area (Å²) in [5.41, 5.74) is -0.606. The fraction of sp³-hybridized carbons (Fsp3) is 0.333. The summed E-state index contributed by atoms with van der Waals surface area (Å²) < 4.78 is 12.8. The molecule has 0 aliphatic heterocycles. The predicted octanol–water partition coefficient (Wildman–Crippen LogP) is 0.254. The maximum absolute atomic E-state index is 12.2. The van der Waals surface area contributed by atoms with Crippen LogP contribution in [0.3, 0.4) is 0 Å². The molecule has 0 spiro atoms. The van der Waals surface area contributed by atoms with Crippen molar-refractivity contribution in [3.8, 4) is 11.5 Å². The lowest BCUT2D eigenvalue weighted by atomic mass is 10.1. The van der Waals surface area contributed by atoms with Gasteiger partial charge in [0.25, 0.3) is 11.1 Å². The van der Waals surface area contributed by atoms with Crippen LogP contribution in [0.4, 0.5) is 0 Å². The highest BCUT2D eigenvalue weighted by Gasteiger charge is 2.17. The van der Waals surface area contributed by atoms with Gasteiger partial charge in [0.15, 0.2) is 0 Å². The van der Waals surface area contributed by atoms with Crippen molar-refractivity contribution in [3.63, 3.8) is 0 Å². The molecule has 0 bridgehead atoms. The number of hydrogen-bond acceptors (Lipinski definition) is 4. The van der Waals surface area contributed by atoms with Gasteiger partial charge >= 0.3 is 0 Å². The summed E-state index contributed by atoms with van der Waals surface area (Å²) in [6.45, 7) is 0. The van der Waals surface area contributed by atoms with Gasteiger partial charge in [-0.3, -0.25) is 19.0 Å². The maximum Gasteiger partial charge on any atom is 0.276 e. The number of benzene rings is 1. The number of fused-ring (bicyclic) bond motifs is 1. The second-order valence-corrected chi connectivity index (χ2v) is 3.88. The summed E-state index contributed by atoms with van der Waals surface area (Å²) in [5, 5.41) is 0.477. The maximum atomic E-state index is 12.2. The number of rotatable bonds is 2. The van der Waals surface area contributed by atoms with Gasteiger partial charge in [-0.15, -0.1) is 0 Å². The highest BCUT2D eigenvalue weighted by Crippen LogP contribution is 2.27. The average Bonchev–Trinajstić information content (AvgIpc) is 2.40. The molecule has 2 aromatic rings. The van der Waals surface area contributed by atoms with Gasteiger partial charge < -0.3 is 9.47 Å². The molecular weight excluding hydrogens is 236 g/mol. The molecule has 0 fully saturated rings. The van der Waals surface area contributed by atoms with Crippen LogP contribution in [0.1, 0.15) is 0 Å². The molecule has 0 aliphatic carbocycles. The Balaban J connectivity index is 3.18. The van der Waals surface area contributed by atoms with Crippen molar-refractivity contribution in [2.75, 3.05) is 14.2 Å². The summed E-state index contributed by atoms with van der Waals surface area (Å²) in [6.07, 6.45) is 0. The average molecular weight is 250 g/mol. The Hall–Kier alpha value is -2.24. The first-order chi connectivity index (χ1) is 8.52. The Morgan fingerprint density at radius 3 is 1.44 bits per heavy atom. The first-order valence-electron chi connectivity index (χ1n) is 5.34. The standard InChI is InChI=1S/C12H14N2O4/c1-13-11(15)9-7(17-3)5-6-8(18-4)10(9)12(16)14(13)2/h5-6H,1-4H3. The molecular formula is C12H14N2O4. The highest BCUT2D eigenvalue weighted by atomic mass is 16.5. The Bertz CT molecular complexity index is 665. The highest BCUT2D eigenvalue weighted by molar-refractivity contribution is 5.91. The van der Waals surface area contributed by atoms with Crippen LogP contribution in [-0.2, 0) is 14.1 Å². The van der Waals surface area contributed by atoms with Crippen LogP contribution in [0.2, 0.25) is 0 Å². The molecule has 0 N–H and O–H groups in total. The van der Waals surface area contributed by atoms with Crippen molar-refractivity contribution >= 4 is 10.8 Å². The molecule has 0 amide bonds. The Morgan fingerprint density at radius 1 is 0.833 bits per heavy atom. The molecule has 0 radical (unpaired) electrons. The van der Waals surface area contributed by atoms with Crippen LogP contribution >= 0.6 is 0 Å². The number of ether oxygens (including phenoxy) is 2. The van der Waals surface area contributed by atoms with E-state index in [9.17, 15) is 9.59 Å². The fourth-order valence-electron chi connectivity index (χ4n) is 1.93. The van der Waals surface area contributed by atoms with E-state index >= 15 is 0 Å². The van der Waals surface area contributed by atoms with Crippen molar-refractivity contribution < 1.29 is 9.47 Å². The lowest BCUT2D eigenvalue weighted by molar-refractivity contribution is 0.408. The number of aromatic nitrogens is 2. The van der Waals surface area contributed by atoms with Crippen LogP contribution in [-0.4, -0.2) is 23.6 Å². The van der Waals surface area contributed by atoms with E-state index in [1.807, 2.05) is 0 Å². The van der Waals surface area contributed by atoms with Gasteiger partial charge in [0.05, 0.1) is 25.0 Å². The van der Waals surface area contributed by atoms with E-state index in [2.05, 4.69) is 0 Å². The van der Waals surface area contributed by atoms with Gasteiger partial charge in [-0.25, -0.2) is 0 Å². The van der Waals surface area contributed by atoms with Gasteiger partial charge in [-0.1, -0.05) is 0 Å². The minimum atomic E-state index is -0.303. The summed E-state index contributed by atoms with van der Waals surface area (Å²) in [5.74, 6) is 0.730. The van der Waals surface area contributed by atoms with Gasteiger partial charge in [0, 0.05) is 14.1 Å². The SMILES string of the molecule is COc1ccc(OC)c2c(=O)n(C)n(C)c(=O)c12. The first-order valence-corrected chi connectivity index (χ1v) is 5.34. The van der Waals surface area contributed by atoms with Crippen LogP contribution < -0.4 is 20.6 Å². The molecule has 1 aromatic heterocycles. The number of nitrogens with zero attached hydrogens (tertiary/aromatic N) is 2. The van der Waals surface area contributed by atoms with E-state index in [-0.39, 0.29) is 21.9 Å². The van der Waals surface area contributed by atoms with Gasteiger partial charge in [-0.2, -0.15) is 0 Å². The number of methoxy groups -OCH3 is 2. The van der Waals surface area contributed by atoms with Crippen molar-refractivity contribution in [2.45, 2.75) is 0 Å². The third kappa shape index (κ3) is 1.49. The third-order valence-electron chi connectivity index (χ3n) is 3.03. The van der Waals surface area contributed by atoms with Crippen LogP contribution in [0.25, 0.3) is 10.8 Å². The van der Waals surface area contributed by atoms with Crippen molar-refractivity contribution in [1.82, 2.24) is 9.36 Å². The molecule has 0 unspecified atom stereocenters. The van der Waals surface area contributed by atoms with Crippen LogP contribution in [0, 0.1) is 0 Å². The Kier molecular flexibility index (Phi) is 2.86. The molecule has 18 heavy (non-hydrogen) atoms. The third-order valence-corrected chi connectivity index (χ3v) is 3.03. The molecule has 1 aromatic carbocycles. The summed E-state index contributed by atoms with van der Waals surface area (Å²) in [4.78, 5) is 24.4. The second-order valence-electron chi connectivity index (χ2n) is 3.88. The second kappa shape index (κ2) is 4.21. The van der Waals surface area contributed by atoms with E-state index in [1.54, 1.807) is 12.1 Å². The zero-order valence-corrected chi connectivity index (χ0v) is 10.7. The summed E-state index contributed by atoms with van der Waals surface area (Å²) in [6, 6.07) is 3.23. The Morgan fingerprint density at radius 2 is 1.17 bits per heavy atom. The van der Waals surface area contributed by atoms with E-state index in [0.717, 1.165) is 0 Å². The zero-order chi connectivity index (χ0) is 13.4. The van der Waals surface area contributed by atoms with Crippen molar-refractivity contribution in [2.24, 2.45) is 14.1 Å². The minimum absolute atomic E-state index is 0.238. The minimum Gasteiger partial charge on any atom is -0.496 e. The van der Waals surface area contributed by atoms with E-state index in [0.29, 0.717) is 11.5 Å². The lowest BCUT2D eigenvalue weighted by Gasteiger charge is -2.12. The molecule has 0 saturated heterocycles. The molecule has 6 nitrogen and oxygen atoms in total. The summed E-state index contributed by atoms with van der Waals surface area (Å²) >= 11 is 0. The molecule has 2 rings (SSSR count). The topological polar surface area (TPSA) is 62.5 Å². The van der Waals surface area contributed by atoms with Crippen molar-refractivity contribution in [3.05, 3.63) is 32.8 Å². The van der Waals surface area contributed by atoms with Gasteiger partial charge in [0.1, 0.15) is 11.5 Å². The Labute approximate surface area is 103 Å². The largest absolute Gasteiger partial charge is 0.496 e. The lowest BCUT2D eigenvalue weighted by Crippen LogP contribution is -2.35.